The molecule has 0 saturated heterocycles. The van der Waals surface area contributed by atoms with Gasteiger partial charge < -0.3 is 20.3 Å². The van der Waals surface area contributed by atoms with Crippen molar-refractivity contribution in [3.63, 3.8) is 0 Å². The largest absolute Gasteiger partial charge is 0.497 e. The fourth-order valence-corrected chi connectivity index (χ4v) is 2.87. The van der Waals surface area contributed by atoms with E-state index in [4.69, 9.17) is 20.3 Å². The number of alkyl halides is 6. The number of methoxy groups -OCH3 is 1. The molecule has 0 atom stereocenters. The zero-order valence-corrected chi connectivity index (χ0v) is 21.0. The summed E-state index contributed by atoms with van der Waals surface area (Å²) in [5.41, 5.74) is 3.30. The van der Waals surface area contributed by atoms with Gasteiger partial charge in [0.1, 0.15) is 17.8 Å². The molecule has 212 valence electrons. The Bertz CT molecular complexity index is 1120. The lowest BCUT2D eigenvalue weighted by atomic mass is 10.1. The molecule has 0 aromatic heterocycles. The number of benzene rings is 3. The third-order valence-electron chi connectivity index (χ3n) is 4.75. The van der Waals surface area contributed by atoms with Crippen LogP contribution in [0.25, 0.3) is 0 Å². The molecule has 39 heavy (non-hydrogen) atoms. The van der Waals surface area contributed by atoms with Crippen LogP contribution in [0.2, 0.25) is 0 Å². The first-order chi connectivity index (χ1) is 18.2. The van der Waals surface area contributed by atoms with Crippen molar-refractivity contribution in [2.45, 2.75) is 25.7 Å². The van der Waals surface area contributed by atoms with Crippen LogP contribution in [0.15, 0.2) is 66.7 Å². The second kappa shape index (κ2) is 15.4. The maximum Gasteiger partial charge on any atom is 0.416 e. The third-order valence-corrected chi connectivity index (χ3v) is 4.75. The van der Waals surface area contributed by atoms with Crippen molar-refractivity contribution in [2.75, 3.05) is 20.3 Å². The standard InChI is InChI=1S/C10H15NO.C9H4F6O.C8H8O3/c1-2-12-10-5-3-9(4-6-10)7-8-11;10-8(11,12)6-1-5(4-16)2-7(3-6)9(13,14)15;1-11-7-4-2-6(3-5-7)8(9)10/h3-6H,2,7-8,11H2,1H3;1-4H;2-5H,1H3,(H,9,10). The number of carboxylic acid groups (broad SMARTS) is 1. The highest BCUT2D eigenvalue weighted by atomic mass is 19.4. The molecule has 0 aliphatic heterocycles. The van der Waals surface area contributed by atoms with Gasteiger partial charge in [-0.2, -0.15) is 26.3 Å². The Kier molecular flexibility index (Phi) is 13.0. The van der Waals surface area contributed by atoms with E-state index in [1.807, 2.05) is 19.1 Å². The molecule has 0 aliphatic carbocycles. The Morgan fingerprint density at radius 2 is 1.36 bits per heavy atom. The SMILES string of the molecule is CCOc1ccc(CCN)cc1.COc1ccc(C(=O)O)cc1.O=Cc1cc(C(F)(F)F)cc(C(F)(F)F)c1. The van der Waals surface area contributed by atoms with Crippen LogP contribution in [0, 0.1) is 0 Å². The van der Waals surface area contributed by atoms with E-state index in [9.17, 15) is 35.9 Å². The maximum atomic E-state index is 12.2. The van der Waals surface area contributed by atoms with Gasteiger partial charge in [0.05, 0.1) is 30.4 Å². The number of ether oxygens (including phenoxy) is 2. The Hall–Kier alpha value is -4.06. The molecule has 0 bridgehead atoms. The van der Waals surface area contributed by atoms with E-state index < -0.39 is 35.0 Å². The smallest absolute Gasteiger partial charge is 0.416 e. The molecule has 3 N–H and O–H groups in total. The summed E-state index contributed by atoms with van der Waals surface area (Å²) >= 11 is 0. The summed E-state index contributed by atoms with van der Waals surface area (Å²) in [6.07, 6.45) is -8.96. The minimum atomic E-state index is -4.92. The average molecular weight is 560 g/mol. The second-order valence-corrected chi connectivity index (χ2v) is 7.61. The minimum absolute atomic E-state index is 0.0347. The van der Waals surface area contributed by atoms with Crippen LogP contribution >= 0.6 is 0 Å². The Morgan fingerprint density at radius 3 is 1.72 bits per heavy atom. The normalized spacial score (nSPS) is 10.8. The van der Waals surface area contributed by atoms with Crippen molar-refractivity contribution in [1.82, 2.24) is 0 Å². The van der Waals surface area contributed by atoms with E-state index >= 15 is 0 Å². The molecule has 0 aliphatic rings. The first-order valence-corrected chi connectivity index (χ1v) is 11.3. The predicted octanol–water partition coefficient (Wildman–Crippen LogP) is 6.52. The van der Waals surface area contributed by atoms with Gasteiger partial charge >= 0.3 is 18.3 Å². The first kappa shape index (κ1) is 33.0. The van der Waals surface area contributed by atoms with Gasteiger partial charge in [-0.25, -0.2) is 4.79 Å². The van der Waals surface area contributed by atoms with E-state index in [-0.39, 0.29) is 17.9 Å². The van der Waals surface area contributed by atoms with Gasteiger partial charge in [-0.3, -0.25) is 4.79 Å². The number of carboxylic acids is 1. The number of hydrogen-bond donors (Lipinski definition) is 2. The van der Waals surface area contributed by atoms with Crippen LogP contribution in [0.5, 0.6) is 11.5 Å². The molecular weight excluding hydrogens is 532 g/mol. The molecule has 0 spiro atoms. The number of aromatic carboxylic acids is 1. The van der Waals surface area contributed by atoms with Gasteiger partial charge in [-0.05, 0) is 80.1 Å². The summed E-state index contributed by atoms with van der Waals surface area (Å²) in [6, 6.07) is 15.0. The summed E-state index contributed by atoms with van der Waals surface area (Å²) in [4.78, 5) is 20.6. The Balaban J connectivity index is 0.000000299. The molecule has 6 nitrogen and oxygen atoms in total. The quantitative estimate of drug-likeness (QED) is 0.253. The number of carbonyl (C=O) groups excluding carboxylic acids is 1. The highest BCUT2D eigenvalue weighted by Gasteiger charge is 2.36. The summed E-state index contributed by atoms with van der Waals surface area (Å²) < 4.78 is 83.3. The summed E-state index contributed by atoms with van der Waals surface area (Å²) in [7, 11) is 1.54. The van der Waals surface area contributed by atoms with Gasteiger partial charge in [0, 0.05) is 5.56 Å². The highest BCUT2D eigenvalue weighted by molar-refractivity contribution is 5.87. The fourth-order valence-electron chi connectivity index (χ4n) is 2.87. The Labute approximate surface area is 221 Å². The number of rotatable bonds is 7. The number of hydrogen-bond acceptors (Lipinski definition) is 5. The van der Waals surface area contributed by atoms with Gasteiger partial charge in [0.25, 0.3) is 0 Å². The zero-order chi connectivity index (χ0) is 29.6. The molecular formula is C27H27F6NO5. The Morgan fingerprint density at radius 1 is 0.872 bits per heavy atom. The third kappa shape index (κ3) is 11.9. The van der Waals surface area contributed by atoms with Gasteiger partial charge in [0.2, 0.25) is 0 Å². The molecule has 0 fully saturated rings. The van der Waals surface area contributed by atoms with Gasteiger partial charge in [-0.15, -0.1) is 0 Å². The molecule has 3 rings (SSSR count). The minimum Gasteiger partial charge on any atom is -0.497 e. The monoisotopic (exact) mass is 559 g/mol. The second-order valence-electron chi connectivity index (χ2n) is 7.61. The molecule has 3 aromatic rings. The van der Waals surface area contributed by atoms with Crippen LogP contribution in [0.3, 0.4) is 0 Å². The lowest BCUT2D eigenvalue weighted by Crippen LogP contribution is -2.11. The summed E-state index contributed by atoms with van der Waals surface area (Å²) in [5, 5.41) is 8.51. The van der Waals surface area contributed by atoms with E-state index in [0.29, 0.717) is 24.4 Å². The number of aldehydes is 1. The molecule has 0 saturated carbocycles. The van der Waals surface area contributed by atoms with Gasteiger partial charge in [-0.1, -0.05) is 12.1 Å². The van der Waals surface area contributed by atoms with Crippen molar-refractivity contribution in [2.24, 2.45) is 5.73 Å². The van der Waals surface area contributed by atoms with E-state index in [1.165, 1.54) is 24.8 Å². The van der Waals surface area contributed by atoms with Crippen molar-refractivity contribution in [3.05, 3.63) is 94.5 Å². The van der Waals surface area contributed by atoms with Crippen molar-refractivity contribution >= 4 is 12.3 Å². The topological polar surface area (TPSA) is 98.8 Å². The van der Waals surface area contributed by atoms with Gasteiger partial charge in [0.15, 0.2) is 0 Å². The van der Waals surface area contributed by atoms with Crippen LogP contribution in [0.4, 0.5) is 26.3 Å². The van der Waals surface area contributed by atoms with E-state index in [0.717, 1.165) is 18.8 Å². The first-order valence-electron chi connectivity index (χ1n) is 11.3. The molecule has 0 unspecified atom stereocenters. The number of halogens is 6. The maximum absolute atomic E-state index is 12.2. The fraction of sp³-hybridized carbons (Fsp3) is 0.259. The van der Waals surface area contributed by atoms with Crippen LogP contribution in [0.1, 0.15) is 44.3 Å². The van der Waals surface area contributed by atoms with E-state index in [1.54, 1.807) is 12.1 Å². The lowest BCUT2D eigenvalue weighted by molar-refractivity contribution is -0.143. The summed E-state index contributed by atoms with van der Waals surface area (Å²) in [6.45, 7) is 3.40. The van der Waals surface area contributed by atoms with E-state index in [2.05, 4.69) is 12.1 Å². The summed E-state index contributed by atoms with van der Waals surface area (Å²) in [5.74, 6) is 0.668. The van der Waals surface area contributed by atoms with Crippen LogP contribution in [-0.4, -0.2) is 37.6 Å². The van der Waals surface area contributed by atoms with Crippen molar-refractivity contribution < 1.29 is 50.5 Å². The molecule has 0 amide bonds. The van der Waals surface area contributed by atoms with Crippen molar-refractivity contribution in [3.8, 4) is 11.5 Å². The molecule has 0 heterocycles. The molecule has 0 radical (unpaired) electrons. The van der Waals surface area contributed by atoms with Crippen LogP contribution in [-0.2, 0) is 18.8 Å². The molecule has 3 aromatic carbocycles. The van der Waals surface area contributed by atoms with Crippen molar-refractivity contribution in [1.29, 1.82) is 0 Å². The number of carbonyl (C=O) groups is 2. The lowest BCUT2D eigenvalue weighted by Gasteiger charge is -2.12. The van der Waals surface area contributed by atoms with Crippen LogP contribution < -0.4 is 15.2 Å². The number of nitrogens with two attached hydrogens (primary N) is 1. The zero-order valence-electron chi connectivity index (χ0n) is 21.0. The average Bonchev–Trinajstić information content (AvgIpc) is 2.89. The predicted molar refractivity (Wildman–Crippen MR) is 132 cm³/mol. The molecule has 12 heteroatoms. The highest BCUT2D eigenvalue weighted by Crippen LogP contribution is 2.35.